The minimum atomic E-state index is -0.154. The van der Waals surface area contributed by atoms with Gasteiger partial charge in [0.2, 0.25) is 0 Å². The number of anilines is 3. The molecule has 1 aliphatic rings. The third kappa shape index (κ3) is 4.68. The van der Waals surface area contributed by atoms with Crippen LogP contribution in [0.25, 0.3) is 105 Å². The van der Waals surface area contributed by atoms with Crippen LogP contribution >= 0.6 is 0 Å². The number of para-hydroxylation sites is 3. The van der Waals surface area contributed by atoms with Gasteiger partial charge in [-0.1, -0.05) is 141 Å². The number of hydrogen-bond donors (Lipinski definition) is 0. The number of aromatic nitrogens is 2. The Hall–Kier alpha value is -8.15. The van der Waals surface area contributed by atoms with Crippen LogP contribution in [0.1, 0.15) is 25.0 Å². The maximum absolute atomic E-state index is 6.84. The second kappa shape index (κ2) is 12.5. The summed E-state index contributed by atoms with van der Waals surface area (Å²) in [5.41, 5.74) is 19.7. The SMILES string of the molecule is CC1(C)c2ccccc2-c2ccc(N(c3ccc(-c4cccc5c4oc4c(-c6ccccc6)cccc45)cc3)c3ccc4c(c3)c3c5ocnc5cc5c6ccccc6n4c53)cc21. The van der Waals surface area contributed by atoms with Gasteiger partial charge in [0, 0.05) is 60.5 Å². The van der Waals surface area contributed by atoms with E-state index in [4.69, 9.17) is 8.83 Å². The van der Waals surface area contributed by atoms with Crippen molar-refractivity contribution in [2.45, 2.75) is 19.3 Å². The molecule has 0 fully saturated rings. The molecule has 0 saturated heterocycles. The van der Waals surface area contributed by atoms with Crippen LogP contribution < -0.4 is 4.90 Å². The summed E-state index contributed by atoms with van der Waals surface area (Å²) in [6.45, 7) is 4.69. The number of nitrogens with zero attached hydrogens (tertiary/aromatic N) is 3. The van der Waals surface area contributed by atoms with Crippen molar-refractivity contribution < 1.29 is 8.83 Å². The first-order valence-corrected chi connectivity index (χ1v) is 21.6. The van der Waals surface area contributed by atoms with E-state index in [0.717, 1.165) is 94.2 Å². The molecule has 1 aliphatic carbocycles. The summed E-state index contributed by atoms with van der Waals surface area (Å²) in [6, 6.07) is 65.9. The highest BCUT2D eigenvalue weighted by molar-refractivity contribution is 6.30. The highest BCUT2D eigenvalue weighted by Crippen LogP contribution is 2.52. The van der Waals surface area contributed by atoms with Gasteiger partial charge in [-0.15, -0.1) is 0 Å². The van der Waals surface area contributed by atoms with E-state index in [0.29, 0.717) is 0 Å². The summed E-state index contributed by atoms with van der Waals surface area (Å²) in [4.78, 5) is 7.07. The van der Waals surface area contributed by atoms with E-state index >= 15 is 0 Å². The highest BCUT2D eigenvalue weighted by atomic mass is 16.3. The second-order valence-corrected chi connectivity index (χ2v) is 17.5. The first-order valence-electron chi connectivity index (χ1n) is 21.6. The Morgan fingerprint density at radius 3 is 1.89 bits per heavy atom. The van der Waals surface area contributed by atoms with Crippen molar-refractivity contribution in [2.24, 2.45) is 0 Å². The highest BCUT2D eigenvalue weighted by Gasteiger charge is 2.36. The molecule has 4 aromatic heterocycles. The van der Waals surface area contributed by atoms with Crippen molar-refractivity contribution in [1.82, 2.24) is 9.38 Å². The van der Waals surface area contributed by atoms with Crippen molar-refractivity contribution >= 4 is 88.2 Å². The smallest absolute Gasteiger partial charge is 0.182 e. The Morgan fingerprint density at radius 1 is 0.460 bits per heavy atom. The van der Waals surface area contributed by atoms with Gasteiger partial charge in [-0.3, -0.25) is 0 Å². The minimum Gasteiger partial charge on any atom is -0.455 e. The lowest BCUT2D eigenvalue weighted by Gasteiger charge is -2.28. The largest absolute Gasteiger partial charge is 0.455 e. The molecule has 9 aromatic carbocycles. The summed E-state index contributed by atoms with van der Waals surface area (Å²) < 4.78 is 15.4. The van der Waals surface area contributed by atoms with Gasteiger partial charge in [-0.05, 0) is 88.0 Å². The molecule has 0 saturated carbocycles. The molecular formula is C58H37N3O2. The van der Waals surface area contributed by atoms with E-state index < -0.39 is 0 Å². The Kier molecular flexibility index (Phi) is 6.84. The summed E-state index contributed by atoms with van der Waals surface area (Å²) in [7, 11) is 0. The molecule has 0 amide bonds. The van der Waals surface area contributed by atoms with Crippen LogP contribution in [0.15, 0.2) is 197 Å². The van der Waals surface area contributed by atoms with Gasteiger partial charge in [0.05, 0.1) is 21.9 Å². The number of oxazole rings is 1. The summed E-state index contributed by atoms with van der Waals surface area (Å²) in [6.07, 6.45) is 1.57. The summed E-state index contributed by atoms with van der Waals surface area (Å²) in [5, 5.41) is 6.84. The number of rotatable bonds is 5. The van der Waals surface area contributed by atoms with Crippen LogP contribution in [0.3, 0.4) is 0 Å². The number of hydrogen-bond acceptors (Lipinski definition) is 4. The fourth-order valence-electron chi connectivity index (χ4n) is 11.0. The molecule has 0 N–H and O–H groups in total. The zero-order valence-corrected chi connectivity index (χ0v) is 34.6. The van der Waals surface area contributed by atoms with Crippen molar-refractivity contribution in [3.05, 3.63) is 200 Å². The third-order valence-electron chi connectivity index (χ3n) is 13.9. The van der Waals surface area contributed by atoms with Crippen molar-refractivity contribution in [3.63, 3.8) is 0 Å². The Balaban J connectivity index is 0.968. The van der Waals surface area contributed by atoms with Crippen LogP contribution in [0.5, 0.6) is 0 Å². The van der Waals surface area contributed by atoms with Gasteiger partial charge < -0.3 is 18.1 Å². The fourth-order valence-corrected chi connectivity index (χ4v) is 11.0. The standard InChI is InChI=1S/C58H37N3O2/c1-58(2)48-20-8-6-14-41(48)42-28-26-38(31-49(42)58)60(37-27-29-52-47(30-37)53-54-46(32-50-57(53)62-33-59-50)43-15-7-9-21-51(43)61(52)54)36-24-22-35(23-25-36)40-17-11-19-45-44-18-10-16-39(55(44)63-56(40)45)34-12-4-3-5-13-34/h3-33H,1-2H3. The molecule has 14 rings (SSSR count). The van der Waals surface area contributed by atoms with E-state index in [9.17, 15) is 0 Å². The zero-order valence-electron chi connectivity index (χ0n) is 34.6. The number of fused-ring (bicyclic) bond motifs is 14. The summed E-state index contributed by atoms with van der Waals surface area (Å²) >= 11 is 0. The molecule has 5 nitrogen and oxygen atoms in total. The zero-order chi connectivity index (χ0) is 41.6. The van der Waals surface area contributed by atoms with Crippen LogP contribution in [0.4, 0.5) is 17.1 Å². The third-order valence-corrected chi connectivity index (χ3v) is 13.9. The second-order valence-electron chi connectivity index (χ2n) is 17.5. The Labute approximate surface area is 362 Å². The lowest BCUT2D eigenvalue weighted by molar-refractivity contribution is 0.605. The topological polar surface area (TPSA) is 46.8 Å². The number of furan rings is 1. The number of benzene rings is 9. The van der Waals surface area contributed by atoms with E-state index in [2.05, 4.69) is 210 Å². The van der Waals surface area contributed by atoms with Crippen LogP contribution in [0, 0.1) is 0 Å². The van der Waals surface area contributed by atoms with Crippen molar-refractivity contribution in [2.75, 3.05) is 4.90 Å². The molecular weight excluding hydrogens is 771 g/mol. The van der Waals surface area contributed by atoms with Gasteiger partial charge in [0.15, 0.2) is 12.0 Å². The van der Waals surface area contributed by atoms with Crippen molar-refractivity contribution in [3.8, 4) is 33.4 Å². The predicted octanol–water partition coefficient (Wildman–Crippen LogP) is 16.0. The fraction of sp³-hybridized carbons (Fsp3) is 0.0517. The van der Waals surface area contributed by atoms with E-state index in [1.807, 2.05) is 0 Å². The molecule has 0 radical (unpaired) electrons. The van der Waals surface area contributed by atoms with E-state index in [1.54, 1.807) is 6.39 Å². The predicted molar refractivity (Wildman–Crippen MR) is 259 cm³/mol. The molecule has 13 aromatic rings. The average Bonchev–Trinajstić information content (AvgIpc) is 4.15. The van der Waals surface area contributed by atoms with Crippen LogP contribution in [-0.4, -0.2) is 9.38 Å². The molecule has 0 aliphatic heterocycles. The molecule has 296 valence electrons. The lowest BCUT2D eigenvalue weighted by atomic mass is 9.82. The Bertz CT molecular complexity index is 4000. The molecule has 4 heterocycles. The molecule has 0 spiro atoms. The molecule has 0 unspecified atom stereocenters. The van der Waals surface area contributed by atoms with Gasteiger partial charge in [0.1, 0.15) is 16.7 Å². The van der Waals surface area contributed by atoms with Gasteiger partial charge in [-0.2, -0.15) is 0 Å². The maximum Gasteiger partial charge on any atom is 0.182 e. The van der Waals surface area contributed by atoms with Crippen molar-refractivity contribution in [1.29, 1.82) is 0 Å². The lowest BCUT2D eigenvalue weighted by Crippen LogP contribution is -2.16. The van der Waals surface area contributed by atoms with Crippen LogP contribution in [-0.2, 0) is 5.41 Å². The molecule has 0 atom stereocenters. The normalized spacial score (nSPS) is 13.4. The van der Waals surface area contributed by atoms with Crippen LogP contribution in [0.2, 0.25) is 0 Å². The Morgan fingerprint density at radius 2 is 1.08 bits per heavy atom. The molecule has 63 heavy (non-hydrogen) atoms. The first-order chi connectivity index (χ1) is 31.0. The average molecular weight is 808 g/mol. The van der Waals surface area contributed by atoms with Gasteiger partial charge in [-0.25, -0.2) is 4.98 Å². The van der Waals surface area contributed by atoms with E-state index in [1.165, 1.54) is 38.5 Å². The monoisotopic (exact) mass is 807 g/mol. The van der Waals surface area contributed by atoms with E-state index in [-0.39, 0.29) is 5.41 Å². The van der Waals surface area contributed by atoms with Gasteiger partial charge >= 0.3 is 0 Å². The van der Waals surface area contributed by atoms with Gasteiger partial charge in [0.25, 0.3) is 0 Å². The molecule has 0 bridgehead atoms. The quantitative estimate of drug-likeness (QED) is 0.174. The first kappa shape index (κ1) is 34.6. The molecule has 5 heteroatoms. The minimum absolute atomic E-state index is 0.154. The maximum atomic E-state index is 6.84. The summed E-state index contributed by atoms with van der Waals surface area (Å²) in [5.74, 6) is 0.